The average molecular weight is 409 g/mol. The summed E-state index contributed by atoms with van der Waals surface area (Å²) in [6, 6.07) is 13.2. The van der Waals surface area contributed by atoms with Gasteiger partial charge in [-0.1, -0.05) is 18.2 Å². The highest BCUT2D eigenvalue weighted by molar-refractivity contribution is 14.1. The van der Waals surface area contributed by atoms with Gasteiger partial charge in [0.15, 0.2) is 0 Å². The lowest BCUT2D eigenvalue weighted by molar-refractivity contribution is -0.384. The predicted molar refractivity (Wildman–Crippen MR) is 91.9 cm³/mol. The quantitative estimate of drug-likeness (QED) is 0.364. The van der Waals surface area contributed by atoms with Crippen LogP contribution in [0.25, 0.3) is 0 Å². The van der Waals surface area contributed by atoms with Crippen LogP contribution in [-0.2, 0) is 0 Å². The van der Waals surface area contributed by atoms with Crippen molar-refractivity contribution in [3.63, 3.8) is 0 Å². The number of non-ortho nitro benzene ring substituents is 1. The van der Waals surface area contributed by atoms with Crippen LogP contribution in [0.2, 0.25) is 0 Å². The zero-order valence-electron chi connectivity index (χ0n) is 11.6. The third-order valence-electron chi connectivity index (χ3n) is 2.89. The summed E-state index contributed by atoms with van der Waals surface area (Å²) in [7, 11) is 0. The molecular formula is C15H12IN3O3. The molecule has 112 valence electrons. The number of hydrogen-bond donors (Lipinski definition) is 1. The largest absolute Gasteiger partial charge is 0.271 e. The SMILES string of the molecule is CC(=NNC(=O)c1cccc(I)c1)c1cccc([N+](=O)[O-])c1. The van der Waals surface area contributed by atoms with Gasteiger partial charge in [-0.3, -0.25) is 14.9 Å². The molecule has 0 fully saturated rings. The van der Waals surface area contributed by atoms with Gasteiger partial charge < -0.3 is 0 Å². The van der Waals surface area contributed by atoms with E-state index in [2.05, 4.69) is 33.1 Å². The first-order valence-electron chi connectivity index (χ1n) is 6.32. The summed E-state index contributed by atoms with van der Waals surface area (Å²) in [6.45, 7) is 1.67. The first-order valence-corrected chi connectivity index (χ1v) is 7.40. The molecule has 6 nitrogen and oxygen atoms in total. The minimum Gasteiger partial charge on any atom is -0.267 e. The van der Waals surface area contributed by atoms with E-state index in [9.17, 15) is 14.9 Å². The van der Waals surface area contributed by atoms with E-state index in [-0.39, 0.29) is 11.6 Å². The van der Waals surface area contributed by atoms with Crippen LogP contribution < -0.4 is 5.43 Å². The van der Waals surface area contributed by atoms with Crippen LogP contribution in [-0.4, -0.2) is 16.5 Å². The van der Waals surface area contributed by atoms with E-state index in [1.807, 2.05) is 6.07 Å². The Balaban J connectivity index is 2.14. The van der Waals surface area contributed by atoms with Crippen molar-refractivity contribution in [1.82, 2.24) is 5.43 Å². The zero-order chi connectivity index (χ0) is 16.1. The van der Waals surface area contributed by atoms with Crippen LogP contribution in [0.1, 0.15) is 22.8 Å². The third kappa shape index (κ3) is 4.10. The van der Waals surface area contributed by atoms with Crippen LogP contribution >= 0.6 is 22.6 Å². The lowest BCUT2D eigenvalue weighted by Crippen LogP contribution is -2.19. The molecule has 0 aliphatic carbocycles. The van der Waals surface area contributed by atoms with Crippen LogP contribution in [0.3, 0.4) is 0 Å². The number of nitrogens with one attached hydrogen (secondary N) is 1. The fourth-order valence-corrected chi connectivity index (χ4v) is 2.28. The van der Waals surface area contributed by atoms with Gasteiger partial charge in [-0.15, -0.1) is 0 Å². The summed E-state index contributed by atoms with van der Waals surface area (Å²) in [5.41, 5.74) is 4.00. The van der Waals surface area contributed by atoms with Crippen LogP contribution in [0.15, 0.2) is 53.6 Å². The average Bonchev–Trinajstić information content (AvgIpc) is 2.52. The van der Waals surface area contributed by atoms with Gasteiger partial charge in [0.25, 0.3) is 11.6 Å². The summed E-state index contributed by atoms with van der Waals surface area (Å²) in [5, 5.41) is 14.7. The Morgan fingerprint density at radius 1 is 1.18 bits per heavy atom. The smallest absolute Gasteiger partial charge is 0.267 e. The fraction of sp³-hybridized carbons (Fsp3) is 0.0667. The molecule has 1 N–H and O–H groups in total. The number of carbonyl (C=O) groups is 1. The number of carbonyl (C=O) groups excluding carboxylic acids is 1. The topological polar surface area (TPSA) is 84.6 Å². The Morgan fingerprint density at radius 2 is 1.86 bits per heavy atom. The second-order valence-electron chi connectivity index (χ2n) is 4.46. The van der Waals surface area contributed by atoms with Crippen molar-refractivity contribution in [3.05, 3.63) is 73.3 Å². The maximum absolute atomic E-state index is 12.0. The van der Waals surface area contributed by atoms with E-state index < -0.39 is 4.92 Å². The number of nitro benzene ring substituents is 1. The van der Waals surface area contributed by atoms with Crippen LogP contribution in [0.4, 0.5) is 5.69 Å². The van der Waals surface area contributed by atoms with E-state index >= 15 is 0 Å². The Hall–Kier alpha value is -2.29. The maximum Gasteiger partial charge on any atom is 0.271 e. The molecule has 0 radical (unpaired) electrons. The van der Waals surface area contributed by atoms with Gasteiger partial charge in [-0.05, 0) is 47.7 Å². The first kappa shape index (κ1) is 16.1. The molecule has 0 aromatic heterocycles. The normalized spacial score (nSPS) is 11.1. The summed E-state index contributed by atoms with van der Waals surface area (Å²) in [4.78, 5) is 22.3. The standard InChI is InChI=1S/C15H12IN3O3/c1-10(11-4-3-7-14(9-11)19(21)22)17-18-15(20)12-5-2-6-13(16)8-12/h2-9H,1H3,(H,18,20). The van der Waals surface area contributed by atoms with Crippen molar-refractivity contribution in [3.8, 4) is 0 Å². The first-order chi connectivity index (χ1) is 10.5. The molecule has 0 heterocycles. The lowest BCUT2D eigenvalue weighted by atomic mass is 10.1. The Labute approximate surface area is 140 Å². The number of rotatable bonds is 4. The van der Waals surface area contributed by atoms with Crippen molar-refractivity contribution >= 4 is 39.9 Å². The van der Waals surface area contributed by atoms with Crippen molar-refractivity contribution < 1.29 is 9.72 Å². The summed E-state index contributed by atoms with van der Waals surface area (Å²) >= 11 is 2.12. The molecule has 0 saturated carbocycles. The number of nitro groups is 1. The second-order valence-corrected chi connectivity index (χ2v) is 5.70. The molecule has 22 heavy (non-hydrogen) atoms. The number of hydrogen-bond acceptors (Lipinski definition) is 4. The van der Waals surface area contributed by atoms with E-state index in [4.69, 9.17) is 0 Å². The number of halogens is 1. The minimum atomic E-state index is -0.471. The van der Waals surface area contributed by atoms with Crippen molar-refractivity contribution in [2.75, 3.05) is 0 Å². The molecule has 1 amide bonds. The highest BCUT2D eigenvalue weighted by Gasteiger charge is 2.08. The van der Waals surface area contributed by atoms with Crippen molar-refractivity contribution in [2.45, 2.75) is 6.92 Å². The highest BCUT2D eigenvalue weighted by Crippen LogP contribution is 2.13. The van der Waals surface area contributed by atoms with Gasteiger partial charge in [0.1, 0.15) is 0 Å². The van der Waals surface area contributed by atoms with E-state index in [1.54, 1.807) is 37.3 Å². The molecule has 0 bridgehead atoms. The maximum atomic E-state index is 12.0. The van der Waals surface area contributed by atoms with E-state index in [1.165, 1.54) is 12.1 Å². The molecular weight excluding hydrogens is 397 g/mol. The van der Waals surface area contributed by atoms with Gasteiger partial charge in [-0.25, -0.2) is 5.43 Å². The molecule has 7 heteroatoms. The van der Waals surface area contributed by atoms with Gasteiger partial charge in [0.2, 0.25) is 0 Å². The van der Waals surface area contributed by atoms with Gasteiger partial charge in [-0.2, -0.15) is 5.10 Å². The molecule has 0 unspecified atom stereocenters. The molecule has 0 spiro atoms. The Bertz CT molecular complexity index is 759. The van der Waals surface area contributed by atoms with Gasteiger partial charge >= 0.3 is 0 Å². The van der Waals surface area contributed by atoms with Crippen LogP contribution in [0, 0.1) is 13.7 Å². The molecule has 2 aromatic rings. The summed E-state index contributed by atoms with van der Waals surface area (Å²) in [5.74, 6) is -0.330. The Morgan fingerprint density at radius 3 is 2.55 bits per heavy atom. The molecule has 2 aromatic carbocycles. The number of hydrazone groups is 1. The number of amides is 1. The van der Waals surface area contributed by atoms with E-state index in [0.29, 0.717) is 16.8 Å². The van der Waals surface area contributed by atoms with Crippen molar-refractivity contribution in [2.24, 2.45) is 5.10 Å². The summed E-state index contributed by atoms with van der Waals surface area (Å²) < 4.78 is 0.949. The highest BCUT2D eigenvalue weighted by atomic mass is 127. The second kappa shape index (κ2) is 7.12. The monoisotopic (exact) mass is 409 g/mol. The zero-order valence-corrected chi connectivity index (χ0v) is 13.8. The Kier molecular flexibility index (Phi) is 5.21. The van der Waals surface area contributed by atoms with Crippen molar-refractivity contribution in [1.29, 1.82) is 0 Å². The molecule has 0 saturated heterocycles. The molecule has 0 atom stereocenters. The predicted octanol–water partition coefficient (Wildman–Crippen LogP) is 3.35. The molecule has 0 aliphatic rings. The molecule has 2 rings (SSSR count). The van der Waals surface area contributed by atoms with Gasteiger partial charge in [0, 0.05) is 26.8 Å². The third-order valence-corrected chi connectivity index (χ3v) is 3.56. The fourth-order valence-electron chi connectivity index (χ4n) is 1.74. The van der Waals surface area contributed by atoms with Gasteiger partial charge in [0.05, 0.1) is 10.6 Å². The summed E-state index contributed by atoms with van der Waals surface area (Å²) in [6.07, 6.45) is 0. The minimum absolute atomic E-state index is 0.0176. The number of nitrogens with zero attached hydrogens (tertiary/aromatic N) is 2. The number of benzene rings is 2. The lowest BCUT2D eigenvalue weighted by Gasteiger charge is -2.03. The van der Waals surface area contributed by atoms with E-state index in [0.717, 1.165) is 3.57 Å². The molecule has 0 aliphatic heterocycles. The van der Waals surface area contributed by atoms with Crippen LogP contribution in [0.5, 0.6) is 0 Å².